The molecule has 2 aromatic heterocycles. The van der Waals surface area contributed by atoms with Crippen molar-refractivity contribution in [2.45, 2.75) is 12.0 Å². The van der Waals surface area contributed by atoms with E-state index in [1.165, 1.54) is 44.4 Å². The topological polar surface area (TPSA) is 46.8 Å². The van der Waals surface area contributed by atoms with Gasteiger partial charge in [-0.2, -0.15) is 0 Å². The van der Waals surface area contributed by atoms with E-state index in [1.807, 2.05) is 18.2 Å². The zero-order chi connectivity index (χ0) is 43.6. The Hall–Kier alpha value is -8.67. The van der Waals surface area contributed by atoms with Crippen LogP contribution in [0.15, 0.2) is 237 Å². The van der Waals surface area contributed by atoms with Crippen LogP contribution in [0.4, 0.5) is 11.4 Å². The quantitative estimate of drug-likeness (QED) is 0.160. The number of nitrogens with zero attached hydrogens (tertiary/aromatic N) is 5. The van der Waals surface area contributed by atoms with Gasteiger partial charge in [0.25, 0.3) is 0 Å². The normalized spacial score (nSPS) is 15.1. The highest BCUT2D eigenvalue weighted by Gasteiger charge is 2.38. The molecule has 2 atom stereocenters. The third-order valence-electron chi connectivity index (χ3n) is 13.3. The molecule has 0 spiro atoms. The Morgan fingerprint density at radius 2 is 0.924 bits per heavy atom. The van der Waals surface area contributed by atoms with Crippen LogP contribution in [0.3, 0.4) is 0 Å². The lowest BCUT2D eigenvalue weighted by molar-refractivity contribution is 0.745. The van der Waals surface area contributed by atoms with Crippen LogP contribution in [0, 0.1) is 0 Å². The van der Waals surface area contributed by atoms with Gasteiger partial charge in [-0.15, -0.1) is 0 Å². The zero-order valence-corrected chi connectivity index (χ0v) is 35.9. The van der Waals surface area contributed by atoms with Gasteiger partial charge in [0.15, 0.2) is 17.5 Å². The van der Waals surface area contributed by atoms with Crippen molar-refractivity contribution in [2.75, 3.05) is 4.90 Å². The lowest BCUT2D eigenvalue weighted by Gasteiger charge is -2.31. The molecule has 0 radical (unpaired) electrons. The minimum Gasteiger partial charge on any atom is -0.333 e. The van der Waals surface area contributed by atoms with E-state index in [4.69, 9.17) is 15.0 Å². The molecule has 2 aliphatic rings. The number of para-hydroxylation sites is 3. The Morgan fingerprint density at radius 3 is 1.67 bits per heavy atom. The number of aromatic nitrogens is 4. The number of anilines is 2. The van der Waals surface area contributed by atoms with Crippen molar-refractivity contribution in [3.8, 4) is 62.1 Å². The van der Waals surface area contributed by atoms with E-state index in [1.54, 1.807) is 0 Å². The number of hydrogen-bond acceptors (Lipinski definition) is 4. The number of hydrogen-bond donors (Lipinski definition) is 0. The zero-order valence-electron chi connectivity index (χ0n) is 35.9. The Balaban J connectivity index is 0.921. The summed E-state index contributed by atoms with van der Waals surface area (Å²) in [5, 5.41) is 4.70. The molecule has 9 aromatic carbocycles. The van der Waals surface area contributed by atoms with Crippen LogP contribution < -0.4 is 4.90 Å². The molecular weight excluding hydrogens is 803 g/mol. The number of allylic oxidation sites excluding steroid dienone is 2. The molecule has 5 heteroatoms. The van der Waals surface area contributed by atoms with Crippen LogP contribution in [-0.4, -0.2) is 25.6 Å². The van der Waals surface area contributed by atoms with Crippen LogP contribution >= 0.6 is 0 Å². The molecule has 1 aliphatic heterocycles. The highest BCUT2D eigenvalue weighted by atomic mass is 15.2. The van der Waals surface area contributed by atoms with Gasteiger partial charge >= 0.3 is 0 Å². The smallest absolute Gasteiger partial charge is 0.164 e. The lowest BCUT2D eigenvalue weighted by Crippen LogP contribution is -2.28. The molecule has 0 fully saturated rings. The standard InChI is InChI=1S/C61H41N5/c1-3-16-40(17-4-1)44-34-35-58(66-56-28-13-9-24-51(56)52-25-10-14-29-57(52)66)53(39-44)45-32-30-43-37-47(33-31-42(43)36-45)61-63-59(41-18-5-2-6-19-41)62-60(64-61)46-20-15-21-48(38-46)65-54-26-11-7-22-49(54)50-23-8-12-27-55(50)65/h1-39,51,56H. The minimum atomic E-state index is 0.193. The van der Waals surface area contributed by atoms with Crippen LogP contribution in [-0.2, 0) is 0 Å². The second-order valence-corrected chi connectivity index (χ2v) is 17.2. The highest BCUT2D eigenvalue weighted by Crippen LogP contribution is 2.50. The first kappa shape index (κ1) is 37.8. The molecule has 13 rings (SSSR count). The van der Waals surface area contributed by atoms with Crippen molar-refractivity contribution in [2.24, 2.45) is 0 Å². The summed E-state index contributed by atoms with van der Waals surface area (Å²) < 4.78 is 2.33. The second-order valence-electron chi connectivity index (χ2n) is 17.2. The largest absolute Gasteiger partial charge is 0.333 e. The highest BCUT2D eigenvalue weighted by molar-refractivity contribution is 6.09. The molecule has 1 aliphatic carbocycles. The minimum absolute atomic E-state index is 0.193. The number of fused-ring (bicyclic) bond motifs is 7. The van der Waals surface area contributed by atoms with Gasteiger partial charge in [-0.05, 0) is 87.6 Å². The van der Waals surface area contributed by atoms with Crippen molar-refractivity contribution >= 4 is 44.0 Å². The fourth-order valence-corrected chi connectivity index (χ4v) is 10.2. The van der Waals surface area contributed by atoms with Crippen molar-refractivity contribution in [1.82, 2.24) is 19.5 Å². The van der Waals surface area contributed by atoms with Gasteiger partial charge in [0.05, 0.1) is 17.1 Å². The van der Waals surface area contributed by atoms with Crippen molar-refractivity contribution in [1.29, 1.82) is 0 Å². The molecule has 0 bridgehead atoms. The van der Waals surface area contributed by atoms with E-state index in [0.29, 0.717) is 23.4 Å². The fourth-order valence-electron chi connectivity index (χ4n) is 10.2. The maximum Gasteiger partial charge on any atom is 0.164 e. The van der Waals surface area contributed by atoms with Gasteiger partial charge in [0.1, 0.15) is 0 Å². The molecule has 11 aromatic rings. The monoisotopic (exact) mass is 843 g/mol. The summed E-state index contributed by atoms with van der Waals surface area (Å²) in [4.78, 5) is 18.0. The molecule has 0 N–H and O–H groups in total. The van der Waals surface area contributed by atoms with Gasteiger partial charge in [-0.1, -0.05) is 182 Å². The van der Waals surface area contributed by atoms with Crippen LogP contribution in [0.25, 0.3) is 94.7 Å². The van der Waals surface area contributed by atoms with Gasteiger partial charge in [0, 0.05) is 56.0 Å². The summed E-state index contributed by atoms with van der Waals surface area (Å²) in [7, 11) is 0. The predicted octanol–water partition coefficient (Wildman–Crippen LogP) is 15.2. The molecule has 310 valence electrons. The van der Waals surface area contributed by atoms with Crippen LogP contribution in [0.5, 0.6) is 0 Å². The number of rotatable bonds is 7. The van der Waals surface area contributed by atoms with E-state index in [-0.39, 0.29) is 6.04 Å². The van der Waals surface area contributed by atoms with E-state index < -0.39 is 0 Å². The van der Waals surface area contributed by atoms with Gasteiger partial charge < -0.3 is 9.47 Å². The van der Waals surface area contributed by atoms with Crippen molar-refractivity contribution in [3.05, 3.63) is 242 Å². The maximum atomic E-state index is 5.22. The Labute approximate surface area is 383 Å². The molecular formula is C61H41N5. The Morgan fingerprint density at radius 1 is 0.364 bits per heavy atom. The van der Waals surface area contributed by atoms with E-state index in [0.717, 1.165) is 49.7 Å². The third kappa shape index (κ3) is 6.35. The SMILES string of the molecule is C1=CC2c3ccccc3N(c3ccc(-c4ccccc4)cc3-c3ccc4cc(-c5nc(-c6ccccc6)nc(-c6cccc(-n7c8ccccc8c8ccccc87)c6)n5)ccc4c3)C2C=C1. The Bertz CT molecular complexity index is 3680. The summed E-state index contributed by atoms with van der Waals surface area (Å²) in [6.45, 7) is 0. The van der Waals surface area contributed by atoms with Crippen molar-refractivity contribution in [3.63, 3.8) is 0 Å². The molecule has 66 heavy (non-hydrogen) atoms. The van der Waals surface area contributed by atoms with E-state index in [9.17, 15) is 0 Å². The summed E-state index contributed by atoms with van der Waals surface area (Å²) in [5.41, 5.74) is 14.7. The Kier molecular flexibility index (Phi) is 8.91. The average Bonchev–Trinajstić information content (AvgIpc) is 3.92. The molecule has 2 unspecified atom stereocenters. The predicted molar refractivity (Wildman–Crippen MR) is 272 cm³/mol. The van der Waals surface area contributed by atoms with Crippen LogP contribution in [0.1, 0.15) is 11.5 Å². The first-order chi connectivity index (χ1) is 32.7. The molecule has 0 saturated heterocycles. The summed E-state index contributed by atoms with van der Waals surface area (Å²) in [6.07, 6.45) is 9.07. The average molecular weight is 844 g/mol. The first-order valence-electron chi connectivity index (χ1n) is 22.6. The van der Waals surface area contributed by atoms with Gasteiger partial charge in [0.2, 0.25) is 0 Å². The molecule has 0 amide bonds. The van der Waals surface area contributed by atoms with E-state index in [2.05, 4.69) is 228 Å². The van der Waals surface area contributed by atoms with Crippen LogP contribution in [0.2, 0.25) is 0 Å². The molecule has 3 heterocycles. The fraction of sp³-hybridized carbons (Fsp3) is 0.0328. The van der Waals surface area contributed by atoms with Gasteiger partial charge in [-0.25, -0.2) is 15.0 Å². The third-order valence-corrected chi connectivity index (χ3v) is 13.3. The summed E-state index contributed by atoms with van der Waals surface area (Å²) in [5.74, 6) is 2.18. The lowest BCUT2D eigenvalue weighted by atomic mass is 9.91. The van der Waals surface area contributed by atoms with E-state index >= 15 is 0 Å². The maximum absolute atomic E-state index is 5.22. The molecule has 5 nitrogen and oxygen atoms in total. The second kappa shape index (κ2) is 15.5. The number of benzene rings is 9. The van der Waals surface area contributed by atoms with Crippen molar-refractivity contribution < 1.29 is 0 Å². The summed E-state index contributed by atoms with van der Waals surface area (Å²) >= 11 is 0. The first-order valence-corrected chi connectivity index (χ1v) is 22.6. The molecule has 0 saturated carbocycles. The van der Waals surface area contributed by atoms with Gasteiger partial charge in [-0.3, -0.25) is 0 Å². The summed E-state index contributed by atoms with van der Waals surface area (Å²) in [6, 6.07) is 76.0.